The van der Waals surface area contributed by atoms with Crippen molar-refractivity contribution in [1.82, 2.24) is 4.90 Å². The summed E-state index contributed by atoms with van der Waals surface area (Å²) in [5, 5.41) is 1.22. The van der Waals surface area contributed by atoms with E-state index in [1.54, 1.807) is 18.7 Å². The lowest BCUT2D eigenvalue weighted by molar-refractivity contribution is -0.147. The molecule has 0 aromatic heterocycles. The Morgan fingerprint density at radius 3 is 2.54 bits per heavy atom. The summed E-state index contributed by atoms with van der Waals surface area (Å²) in [6, 6.07) is 11.6. The molecule has 0 bridgehead atoms. The highest BCUT2D eigenvalue weighted by Gasteiger charge is 2.26. The minimum atomic E-state index is -0.318. The van der Waals surface area contributed by atoms with Crippen molar-refractivity contribution in [1.29, 1.82) is 0 Å². The van der Waals surface area contributed by atoms with Gasteiger partial charge in [0.1, 0.15) is 5.75 Å². The zero-order valence-corrected chi connectivity index (χ0v) is 23.1. The van der Waals surface area contributed by atoms with Crippen LogP contribution < -0.4 is 14.5 Å². The summed E-state index contributed by atoms with van der Waals surface area (Å²) in [5.41, 5.74) is 2.83. The van der Waals surface area contributed by atoms with Gasteiger partial charge in [0.05, 0.1) is 33.9 Å². The van der Waals surface area contributed by atoms with E-state index < -0.39 is 0 Å². The Bertz CT molecular complexity index is 1100. The smallest absolute Gasteiger partial charge is 0.310 e. The van der Waals surface area contributed by atoms with Crippen LogP contribution in [-0.4, -0.2) is 62.8 Å². The van der Waals surface area contributed by atoms with Crippen LogP contribution >= 0.6 is 23.2 Å². The van der Waals surface area contributed by atoms with Gasteiger partial charge in [0.25, 0.3) is 0 Å². The number of unbranched alkanes of at least 4 members (excludes halogenated alkanes) is 1. The van der Waals surface area contributed by atoms with Crippen molar-refractivity contribution in [3.63, 3.8) is 0 Å². The number of rotatable bonds is 10. The molecule has 2 aliphatic heterocycles. The molecule has 0 aliphatic carbocycles. The summed E-state index contributed by atoms with van der Waals surface area (Å²) >= 11 is 12.6. The third-order valence-electron chi connectivity index (χ3n) is 6.85. The maximum Gasteiger partial charge on any atom is 0.310 e. The summed E-state index contributed by atoms with van der Waals surface area (Å²) in [6.07, 6.45) is 3.07. The van der Waals surface area contributed by atoms with Crippen LogP contribution in [0.5, 0.6) is 5.75 Å². The van der Waals surface area contributed by atoms with Crippen LogP contribution in [0.3, 0.4) is 0 Å². The molecule has 1 saturated heterocycles. The number of nitrogens with zero attached hydrogens (tertiary/aromatic N) is 3. The van der Waals surface area contributed by atoms with Crippen LogP contribution in [0.4, 0.5) is 11.4 Å². The molecule has 0 radical (unpaired) electrons. The lowest BCUT2D eigenvalue weighted by atomic mass is 10.0. The van der Waals surface area contributed by atoms with Crippen LogP contribution in [0.2, 0.25) is 10.0 Å². The minimum absolute atomic E-state index is 0.0427. The average Bonchev–Trinajstić information content (AvgIpc) is 2.89. The number of fused-ring (bicyclic) bond motifs is 1. The van der Waals surface area contributed by atoms with Crippen LogP contribution in [0, 0.1) is 5.92 Å². The van der Waals surface area contributed by atoms with Crippen molar-refractivity contribution in [2.45, 2.75) is 39.5 Å². The summed E-state index contributed by atoms with van der Waals surface area (Å²) in [6.45, 7) is 8.93. The van der Waals surface area contributed by atoms with Crippen molar-refractivity contribution < 1.29 is 19.1 Å². The first-order valence-corrected chi connectivity index (χ1v) is 13.7. The molecule has 0 unspecified atom stereocenters. The molecule has 0 atom stereocenters. The van der Waals surface area contributed by atoms with E-state index in [4.69, 9.17) is 32.7 Å². The first-order valence-electron chi connectivity index (χ1n) is 13.0. The number of hydrogen-bond acceptors (Lipinski definition) is 6. The van der Waals surface area contributed by atoms with E-state index in [0.29, 0.717) is 29.5 Å². The summed E-state index contributed by atoms with van der Waals surface area (Å²) < 4.78 is 11.3. The van der Waals surface area contributed by atoms with Crippen LogP contribution in [0.25, 0.3) is 0 Å². The second kappa shape index (κ2) is 12.9. The minimum Gasteiger partial charge on any atom is -0.494 e. The van der Waals surface area contributed by atoms with E-state index in [2.05, 4.69) is 9.80 Å². The monoisotopic (exact) mass is 547 g/mol. The molecule has 4 rings (SSSR count). The average molecular weight is 549 g/mol. The number of piperazine rings is 1. The second-order valence-electron chi connectivity index (χ2n) is 9.82. The molecule has 37 heavy (non-hydrogen) atoms. The van der Waals surface area contributed by atoms with Gasteiger partial charge in [-0.25, -0.2) is 0 Å². The quantitative estimate of drug-likeness (QED) is 0.292. The van der Waals surface area contributed by atoms with Gasteiger partial charge in [0, 0.05) is 38.7 Å². The summed E-state index contributed by atoms with van der Waals surface area (Å²) in [5.74, 6) is 0.126. The van der Waals surface area contributed by atoms with Crippen molar-refractivity contribution in [2.75, 3.05) is 55.9 Å². The number of aryl methyl sites for hydroxylation is 1. The van der Waals surface area contributed by atoms with Gasteiger partial charge in [-0.2, -0.15) is 0 Å². The number of benzene rings is 2. The molecule has 2 aliphatic rings. The standard InChI is InChI=1S/C28H35Cl2N3O4/c1-20(2)28(35)37-19-33-25-18-22(10-8-21(25)9-11-26(33)34)36-17-4-3-12-31-13-15-32(16-14-31)24-7-5-6-23(29)27(24)30/h5-8,10,18,20H,3-4,9,11-17,19H2,1-2H3. The normalized spacial score (nSPS) is 16.2. The van der Waals surface area contributed by atoms with Crippen molar-refractivity contribution in [2.24, 2.45) is 5.92 Å². The van der Waals surface area contributed by atoms with Crippen LogP contribution in [-0.2, 0) is 20.7 Å². The summed E-state index contributed by atoms with van der Waals surface area (Å²) in [4.78, 5) is 30.7. The maximum absolute atomic E-state index is 12.5. The number of carbonyl (C=O) groups is 2. The second-order valence-corrected chi connectivity index (χ2v) is 10.6. The van der Waals surface area contributed by atoms with E-state index in [1.807, 2.05) is 36.4 Å². The largest absolute Gasteiger partial charge is 0.494 e. The molecule has 1 amide bonds. The third-order valence-corrected chi connectivity index (χ3v) is 7.65. The molecule has 0 spiro atoms. The summed E-state index contributed by atoms with van der Waals surface area (Å²) in [7, 11) is 0. The van der Waals surface area contributed by atoms with Crippen molar-refractivity contribution in [3.05, 3.63) is 52.0 Å². The number of hydrogen-bond donors (Lipinski definition) is 0. The van der Waals surface area contributed by atoms with Crippen LogP contribution in [0.15, 0.2) is 36.4 Å². The van der Waals surface area contributed by atoms with Gasteiger partial charge in [-0.3, -0.25) is 19.4 Å². The van der Waals surface area contributed by atoms with E-state index in [1.165, 1.54) is 0 Å². The number of ether oxygens (including phenoxy) is 2. The molecule has 0 saturated carbocycles. The highest BCUT2D eigenvalue weighted by molar-refractivity contribution is 6.43. The Balaban J connectivity index is 1.20. The SMILES string of the molecule is CC(C)C(=O)OCN1C(=O)CCc2ccc(OCCCCN3CCN(c4cccc(Cl)c4Cl)CC3)cc21. The Hall–Kier alpha value is -2.48. The zero-order chi connectivity index (χ0) is 26.4. The van der Waals surface area contributed by atoms with E-state index >= 15 is 0 Å². The Morgan fingerprint density at radius 2 is 1.78 bits per heavy atom. The van der Waals surface area contributed by atoms with Gasteiger partial charge >= 0.3 is 5.97 Å². The first-order chi connectivity index (χ1) is 17.8. The Labute approximate surface area is 229 Å². The molecule has 0 N–H and O–H groups in total. The molecule has 200 valence electrons. The molecule has 9 heteroatoms. The number of anilines is 2. The molecular weight excluding hydrogens is 513 g/mol. The number of carbonyl (C=O) groups excluding carboxylic acids is 2. The van der Waals surface area contributed by atoms with E-state index in [0.717, 1.165) is 68.3 Å². The lowest BCUT2D eigenvalue weighted by Crippen LogP contribution is -2.46. The molecule has 7 nitrogen and oxygen atoms in total. The van der Waals surface area contributed by atoms with Crippen molar-refractivity contribution in [3.8, 4) is 5.75 Å². The fourth-order valence-corrected chi connectivity index (χ4v) is 5.03. The highest BCUT2D eigenvalue weighted by atomic mass is 35.5. The van der Waals surface area contributed by atoms with E-state index in [-0.39, 0.29) is 24.5 Å². The number of halogens is 2. The molecular formula is C28H35Cl2N3O4. The molecule has 2 heterocycles. The van der Waals surface area contributed by atoms with E-state index in [9.17, 15) is 9.59 Å². The lowest BCUT2D eigenvalue weighted by Gasteiger charge is -2.36. The van der Waals surface area contributed by atoms with Gasteiger partial charge < -0.3 is 14.4 Å². The Kier molecular flexibility index (Phi) is 9.57. The number of amides is 1. The predicted molar refractivity (Wildman–Crippen MR) is 148 cm³/mol. The fourth-order valence-electron chi connectivity index (χ4n) is 4.62. The number of esters is 1. The fraction of sp³-hybridized carbons (Fsp3) is 0.500. The van der Waals surface area contributed by atoms with Gasteiger partial charge in [0.2, 0.25) is 5.91 Å². The first kappa shape index (κ1) is 27.6. The topological polar surface area (TPSA) is 62.3 Å². The molecule has 1 fully saturated rings. The van der Waals surface area contributed by atoms with Gasteiger partial charge in [-0.15, -0.1) is 0 Å². The third kappa shape index (κ3) is 7.09. The van der Waals surface area contributed by atoms with Crippen molar-refractivity contribution >= 4 is 46.5 Å². The molecule has 2 aromatic rings. The molecule has 2 aromatic carbocycles. The van der Waals surface area contributed by atoms with Crippen LogP contribution in [0.1, 0.15) is 38.7 Å². The Morgan fingerprint density at radius 1 is 1.00 bits per heavy atom. The van der Waals surface area contributed by atoms with Gasteiger partial charge in [-0.05, 0) is 49.6 Å². The van der Waals surface area contributed by atoms with Gasteiger partial charge in [-0.1, -0.05) is 49.2 Å². The zero-order valence-electron chi connectivity index (χ0n) is 21.6. The van der Waals surface area contributed by atoms with Gasteiger partial charge in [0.15, 0.2) is 6.73 Å². The maximum atomic E-state index is 12.5. The highest BCUT2D eigenvalue weighted by Crippen LogP contribution is 2.33. The predicted octanol–water partition coefficient (Wildman–Crippen LogP) is 5.41.